The van der Waals surface area contributed by atoms with E-state index in [0.29, 0.717) is 0 Å². The zero-order chi connectivity index (χ0) is 12.9. The molecule has 100 valence electrons. The summed E-state index contributed by atoms with van der Waals surface area (Å²) in [5, 5.41) is 6.86. The van der Waals surface area contributed by atoms with Gasteiger partial charge in [0.1, 0.15) is 0 Å². The van der Waals surface area contributed by atoms with Crippen molar-refractivity contribution in [1.82, 2.24) is 10.3 Å². The summed E-state index contributed by atoms with van der Waals surface area (Å²) in [6.45, 7) is 2.08. The van der Waals surface area contributed by atoms with Gasteiger partial charge >= 0.3 is 0 Å². The molecule has 2 aromatic rings. The lowest BCUT2D eigenvalue weighted by Crippen LogP contribution is -2.28. The Morgan fingerprint density at radius 3 is 3.11 bits per heavy atom. The molecule has 1 saturated heterocycles. The zero-order valence-electron chi connectivity index (χ0n) is 10.8. The van der Waals surface area contributed by atoms with Gasteiger partial charge in [-0.1, -0.05) is 12.1 Å². The molecule has 1 aliphatic heterocycles. The van der Waals surface area contributed by atoms with Crippen molar-refractivity contribution in [2.24, 2.45) is 0 Å². The standard InChI is InChI=1S/C15H18N2S2/c1-2-14-9-16-4-3-13(14)7-12(1)8-17-10-15-11-18-5-6-19-15/h1-4,7,9,15,17H,5-6,8,10-11H2. The van der Waals surface area contributed by atoms with Gasteiger partial charge in [0.15, 0.2) is 0 Å². The topological polar surface area (TPSA) is 24.9 Å². The molecule has 1 aromatic carbocycles. The number of pyridine rings is 1. The minimum Gasteiger partial charge on any atom is -0.312 e. The van der Waals surface area contributed by atoms with Crippen molar-refractivity contribution in [3.8, 4) is 0 Å². The van der Waals surface area contributed by atoms with E-state index in [2.05, 4.69) is 58.1 Å². The highest BCUT2D eigenvalue weighted by Gasteiger charge is 2.13. The molecular formula is C15H18N2S2. The Balaban J connectivity index is 1.56. The summed E-state index contributed by atoms with van der Waals surface area (Å²) in [6.07, 6.45) is 3.78. The van der Waals surface area contributed by atoms with Crippen molar-refractivity contribution in [2.75, 3.05) is 23.8 Å². The SMILES string of the molecule is c1cc2cc(CNCC3CSCCS3)ccc2cn1. The molecule has 1 aromatic heterocycles. The maximum absolute atomic E-state index is 4.15. The predicted octanol–water partition coefficient (Wildman–Crippen LogP) is 3.17. The highest BCUT2D eigenvalue weighted by Crippen LogP contribution is 2.23. The van der Waals surface area contributed by atoms with Crippen LogP contribution in [0, 0.1) is 0 Å². The number of benzene rings is 1. The molecule has 1 unspecified atom stereocenters. The van der Waals surface area contributed by atoms with Crippen LogP contribution >= 0.6 is 23.5 Å². The molecule has 2 nitrogen and oxygen atoms in total. The number of rotatable bonds is 4. The van der Waals surface area contributed by atoms with Gasteiger partial charge in [-0.05, 0) is 23.1 Å². The van der Waals surface area contributed by atoms with Crippen LogP contribution in [0.15, 0.2) is 36.7 Å². The summed E-state index contributed by atoms with van der Waals surface area (Å²) in [6, 6.07) is 8.68. The fourth-order valence-corrected chi connectivity index (χ4v) is 4.92. The van der Waals surface area contributed by atoms with Gasteiger partial charge in [-0.15, -0.1) is 0 Å². The Kier molecular flexibility index (Phi) is 4.64. The summed E-state index contributed by atoms with van der Waals surface area (Å²) in [5.41, 5.74) is 1.35. The first-order chi connectivity index (χ1) is 9.42. The Labute approximate surface area is 122 Å². The maximum atomic E-state index is 4.15. The van der Waals surface area contributed by atoms with E-state index in [4.69, 9.17) is 0 Å². The predicted molar refractivity (Wildman–Crippen MR) is 87.0 cm³/mol. The lowest BCUT2D eigenvalue weighted by Gasteiger charge is -2.21. The van der Waals surface area contributed by atoms with Crippen LogP contribution in [-0.2, 0) is 6.54 Å². The fourth-order valence-electron chi connectivity index (χ4n) is 2.27. The Hall–Kier alpha value is -0.710. The molecular weight excluding hydrogens is 272 g/mol. The monoisotopic (exact) mass is 290 g/mol. The average molecular weight is 290 g/mol. The third kappa shape index (κ3) is 3.65. The summed E-state index contributed by atoms with van der Waals surface area (Å²) in [4.78, 5) is 4.15. The third-order valence-electron chi connectivity index (χ3n) is 3.29. The van der Waals surface area contributed by atoms with E-state index in [1.54, 1.807) is 0 Å². The first-order valence-electron chi connectivity index (χ1n) is 6.64. The molecule has 19 heavy (non-hydrogen) atoms. The van der Waals surface area contributed by atoms with Crippen molar-refractivity contribution in [2.45, 2.75) is 11.8 Å². The van der Waals surface area contributed by atoms with Crippen LogP contribution in [0.25, 0.3) is 10.8 Å². The van der Waals surface area contributed by atoms with E-state index in [1.807, 2.05) is 12.4 Å². The van der Waals surface area contributed by atoms with Gasteiger partial charge in [-0.2, -0.15) is 23.5 Å². The van der Waals surface area contributed by atoms with Crippen molar-refractivity contribution < 1.29 is 0 Å². The van der Waals surface area contributed by atoms with Crippen molar-refractivity contribution in [1.29, 1.82) is 0 Å². The second-order valence-electron chi connectivity index (χ2n) is 4.76. The van der Waals surface area contributed by atoms with E-state index in [9.17, 15) is 0 Å². The highest BCUT2D eigenvalue weighted by molar-refractivity contribution is 8.06. The fraction of sp³-hybridized carbons (Fsp3) is 0.400. The van der Waals surface area contributed by atoms with Gasteiger partial charge in [-0.25, -0.2) is 0 Å². The van der Waals surface area contributed by atoms with Crippen LogP contribution in [0.5, 0.6) is 0 Å². The lowest BCUT2D eigenvalue weighted by atomic mass is 10.1. The number of hydrogen-bond acceptors (Lipinski definition) is 4. The molecule has 1 fully saturated rings. The number of thioether (sulfide) groups is 2. The Bertz CT molecular complexity index is 538. The van der Waals surface area contributed by atoms with Crippen LogP contribution in [0.2, 0.25) is 0 Å². The van der Waals surface area contributed by atoms with Crippen molar-refractivity contribution in [3.05, 3.63) is 42.2 Å². The smallest absolute Gasteiger partial charge is 0.0346 e. The minimum atomic E-state index is 0.781. The first kappa shape index (κ1) is 13.3. The highest BCUT2D eigenvalue weighted by atomic mass is 32.2. The third-order valence-corrected chi connectivity index (χ3v) is 6.14. The summed E-state index contributed by atoms with van der Waals surface area (Å²) >= 11 is 4.19. The quantitative estimate of drug-likeness (QED) is 0.935. The van der Waals surface area contributed by atoms with Gasteiger partial charge in [0, 0.05) is 53.4 Å². The van der Waals surface area contributed by atoms with Gasteiger partial charge in [0.05, 0.1) is 0 Å². The van der Waals surface area contributed by atoms with Crippen molar-refractivity contribution in [3.63, 3.8) is 0 Å². The minimum absolute atomic E-state index is 0.781. The summed E-state index contributed by atoms with van der Waals surface area (Å²) in [5.74, 6) is 3.92. The molecule has 3 rings (SSSR count). The molecule has 1 atom stereocenters. The first-order valence-corrected chi connectivity index (χ1v) is 8.85. The second kappa shape index (κ2) is 6.64. The van der Waals surface area contributed by atoms with Crippen LogP contribution in [0.1, 0.15) is 5.56 Å². The van der Waals surface area contributed by atoms with Gasteiger partial charge in [0.2, 0.25) is 0 Å². The molecule has 2 heterocycles. The molecule has 0 spiro atoms. The summed E-state index contributed by atoms with van der Waals surface area (Å²) < 4.78 is 0. The van der Waals surface area contributed by atoms with E-state index in [-0.39, 0.29) is 0 Å². The lowest BCUT2D eigenvalue weighted by molar-refractivity contribution is 0.687. The molecule has 1 aliphatic rings. The van der Waals surface area contributed by atoms with Gasteiger partial charge < -0.3 is 5.32 Å². The normalized spacial score (nSPS) is 19.7. The van der Waals surface area contributed by atoms with E-state index < -0.39 is 0 Å². The molecule has 4 heteroatoms. The van der Waals surface area contributed by atoms with Crippen LogP contribution < -0.4 is 5.32 Å². The molecule has 0 saturated carbocycles. The van der Waals surface area contributed by atoms with E-state index >= 15 is 0 Å². The molecule has 1 N–H and O–H groups in total. The number of fused-ring (bicyclic) bond motifs is 1. The largest absolute Gasteiger partial charge is 0.312 e. The molecule has 0 aliphatic carbocycles. The second-order valence-corrected chi connectivity index (χ2v) is 7.31. The maximum Gasteiger partial charge on any atom is 0.0346 e. The number of hydrogen-bond donors (Lipinski definition) is 1. The number of nitrogens with zero attached hydrogens (tertiary/aromatic N) is 1. The van der Waals surface area contributed by atoms with E-state index in [1.165, 1.54) is 33.6 Å². The van der Waals surface area contributed by atoms with Crippen LogP contribution in [0.4, 0.5) is 0 Å². The average Bonchev–Trinajstić information content (AvgIpc) is 2.48. The number of nitrogens with one attached hydrogen (secondary N) is 1. The van der Waals surface area contributed by atoms with Gasteiger partial charge in [-0.3, -0.25) is 4.98 Å². The van der Waals surface area contributed by atoms with E-state index in [0.717, 1.165) is 18.3 Å². The molecule has 0 radical (unpaired) electrons. The van der Waals surface area contributed by atoms with Crippen LogP contribution in [-0.4, -0.2) is 34.0 Å². The van der Waals surface area contributed by atoms with Crippen molar-refractivity contribution >= 4 is 34.3 Å². The number of aromatic nitrogens is 1. The Morgan fingerprint density at radius 1 is 1.21 bits per heavy atom. The summed E-state index contributed by atoms with van der Waals surface area (Å²) in [7, 11) is 0. The molecule has 0 amide bonds. The Morgan fingerprint density at radius 2 is 2.21 bits per heavy atom. The van der Waals surface area contributed by atoms with Gasteiger partial charge in [0.25, 0.3) is 0 Å². The molecule has 0 bridgehead atoms. The van der Waals surface area contributed by atoms with Crippen LogP contribution in [0.3, 0.4) is 0 Å². The zero-order valence-corrected chi connectivity index (χ0v) is 12.5.